The SMILES string of the molecule is COc1ccc(/C(C)=N\Nc2cccc(C(=O)[O-])c2)c(OC)c1. The minimum absolute atomic E-state index is 0.0879. The largest absolute Gasteiger partial charge is 0.545 e. The van der Waals surface area contributed by atoms with Crippen molar-refractivity contribution in [2.75, 3.05) is 19.6 Å². The van der Waals surface area contributed by atoms with Gasteiger partial charge in [-0.05, 0) is 36.8 Å². The molecule has 0 bridgehead atoms. The second kappa shape index (κ2) is 7.31. The highest BCUT2D eigenvalue weighted by atomic mass is 16.5. The molecule has 6 nitrogen and oxygen atoms in total. The first-order chi connectivity index (χ1) is 11.0. The fraction of sp³-hybridized carbons (Fsp3) is 0.176. The van der Waals surface area contributed by atoms with Crippen LogP contribution in [-0.4, -0.2) is 25.9 Å². The monoisotopic (exact) mass is 313 g/mol. The van der Waals surface area contributed by atoms with E-state index in [0.29, 0.717) is 22.9 Å². The van der Waals surface area contributed by atoms with Gasteiger partial charge in [-0.3, -0.25) is 5.43 Å². The minimum atomic E-state index is -1.23. The van der Waals surface area contributed by atoms with Gasteiger partial charge in [-0.25, -0.2) is 0 Å². The average molecular weight is 313 g/mol. The third-order valence-corrected chi connectivity index (χ3v) is 3.25. The van der Waals surface area contributed by atoms with Crippen molar-refractivity contribution >= 4 is 17.4 Å². The third-order valence-electron chi connectivity index (χ3n) is 3.25. The van der Waals surface area contributed by atoms with Gasteiger partial charge in [-0.15, -0.1) is 0 Å². The molecule has 0 saturated heterocycles. The molecule has 0 saturated carbocycles. The number of hydrogen-bond donors (Lipinski definition) is 1. The number of nitrogens with zero attached hydrogens (tertiary/aromatic N) is 1. The molecule has 6 heteroatoms. The Kier molecular flexibility index (Phi) is 5.19. The maximum atomic E-state index is 10.9. The summed E-state index contributed by atoms with van der Waals surface area (Å²) in [5.41, 5.74) is 4.96. The zero-order valence-corrected chi connectivity index (χ0v) is 13.1. The number of methoxy groups -OCH3 is 2. The molecule has 0 aliphatic heterocycles. The Bertz CT molecular complexity index is 741. The molecule has 0 fully saturated rings. The number of ether oxygens (including phenoxy) is 2. The van der Waals surface area contributed by atoms with Crippen molar-refractivity contribution < 1.29 is 19.4 Å². The first kappa shape index (κ1) is 16.4. The van der Waals surface area contributed by atoms with E-state index < -0.39 is 5.97 Å². The number of hydrazone groups is 1. The van der Waals surface area contributed by atoms with E-state index in [2.05, 4.69) is 10.5 Å². The van der Waals surface area contributed by atoms with Crippen molar-refractivity contribution in [1.82, 2.24) is 0 Å². The van der Waals surface area contributed by atoms with Crippen LogP contribution in [0.15, 0.2) is 47.6 Å². The lowest BCUT2D eigenvalue weighted by atomic mass is 10.1. The van der Waals surface area contributed by atoms with Crippen molar-refractivity contribution in [3.8, 4) is 11.5 Å². The van der Waals surface area contributed by atoms with Gasteiger partial charge in [-0.1, -0.05) is 12.1 Å². The summed E-state index contributed by atoms with van der Waals surface area (Å²) in [6.45, 7) is 1.82. The van der Waals surface area contributed by atoms with Gasteiger partial charge in [0.15, 0.2) is 0 Å². The fourth-order valence-electron chi connectivity index (χ4n) is 2.02. The molecule has 120 valence electrons. The van der Waals surface area contributed by atoms with E-state index in [9.17, 15) is 9.90 Å². The maximum absolute atomic E-state index is 10.9. The van der Waals surface area contributed by atoms with Crippen LogP contribution in [0.25, 0.3) is 0 Å². The lowest BCUT2D eigenvalue weighted by Crippen LogP contribution is -2.22. The van der Waals surface area contributed by atoms with E-state index in [1.165, 1.54) is 12.1 Å². The first-order valence-corrected chi connectivity index (χ1v) is 6.89. The molecule has 0 radical (unpaired) electrons. The Hall–Kier alpha value is -3.02. The summed E-state index contributed by atoms with van der Waals surface area (Å²) in [5.74, 6) is 0.0927. The molecular formula is C17H17N2O4-. The van der Waals surface area contributed by atoms with Crippen LogP contribution in [0, 0.1) is 0 Å². The van der Waals surface area contributed by atoms with Crippen LogP contribution >= 0.6 is 0 Å². The molecule has 2 aromatic carbocycles. The zero-order valence-electron chi connectivity index (χ0n) is 13.1. The Morgan fingerprint density at radius 2 is 1.91 bits per heavy atom. The van der Waals surface area contributed by atoms with Crippen LogP contribution in [0.5, 0.6) is 11.5 Å². The number of anilines is 1. The number of benzene rings is 2. The topological polar surface area (TPSA) is 83.0 Å². The molecule has 2 rings (SSSR count). The first-order valence-electron chi connectivity index (χ1n) is 6.89. The van der Waals surface area contributed by atoms with E-state index in [0.717, 1.165) is 5.56 Å². The van der Waals surface area contributed by atoms with Crippen LogP contribution in [-0.2, 0) is 0 Å². The van der Waals surface area contributed by atoms with Gasteiger partial charge in [-0.2, -0.15) is 5.10 Å². The summed E-state index contributed by atoms with van der Waals surface area (Å²) >= 11 is 0. The lowest BCUT2D eigenvalue weighted by molar-refractivity contribution is -0.255. The molecule has 0 spiro atoms. The quantitative estimate of drug-likeness (QED) is 0.650. The van der Waals surface area contributed by atoms with Gasteiger partial charge >= 0.3 is 0 Å². The van der Waals surface area contributed by atoms with Gasteiger partial charge in [0.25, 0.3) is 0 Å². The number of aromatic carboxylic acids is 1. The fourth-order valence-corrected chi connectivity index (χ4v) is 2.02. The van der Waals surface area contributed by atoms with Crippen LogP contribution in [0.2, 0.25) is 0 Å². The van der Waals surface area contributed by atoms with Crippen LogP contribution in [0.3, 0.4) is 0 Å². The Balaban J connectivity index is 2.23. The zero-order chi connectivity index (χ0) is 16.8. The van der Waals surface area contributed by atoms with Crippen molar-refractivity contribution in [3.05, 3.63) is 53.6 Å². The predicted molar refractivity (Wildman–Crippen MR) is 86.2 cm³/mol. The highest BCUT2D eigenvalue weighted by Crippen LogP contribution is 2.25. The number of hydrogen-bond acceptors (Lipinski definition) is 6. The molecule has 0 atom stereocenters. The van der Waals surface area contributed by atoms with Gasteiger partial charge in [0, 0.05) is 11.6 Å². The van der Waals surface area contributed by atoms with Crippen LogP contribution < -0.4 is 20.0 Å². The number of carboxylic acids is 1. The highest BCUT2D eigenvalue weighted by Gasteiger charge is 2.08. The summed E-state index contributed by atoms with van der Waals surface area (Å²) in [6, 6.07) is 11.7. The molecule has 2 aromatic rings. The molecule has 23 heavy (non-hydrogen) atoms. The summed E-state index contributed by atoms with van der Waals surface area (Å²) < 4.78 is 10.5. The number of rotatable bonds is 6. The van der Waals surface area contributed by atoms with Crippen LogP contribution in [0.4, 0.5) is 5.69 Å². The third kappa shape index (κ3) is 4.00. The standard InChI is InChI=1S/C17H18N2O4/c1-11(15-8-7-14(22-2)10-16(15)23-3)18-19-13-6-4-5-12(9-13)17(20)21/h4-10,19H,1-3H3,(H,20,21)/p-1/b18-11-. The molecule has 0 aromatic heterocycles. The second-order valence-corrected chi connectivity index (χ2v) is 4.74. The molecule has 0 aliphatic rings. The Morgan fingerprint density at radius 1 is 1.13 bits per heavy atom. The van der Waals surface area contributed by atoms with Gasteiger partial charge < -0.3 is 19.4 Å². The number of carbonyl (C=O) groups excluding carboxylic acids is 1. The summed E-state index contributed by atoms with van der Waals surface area (Å²) in [5, 5.41) is 15.1. The number of nitrogens with one attached hydrogen (secondary N) is 1. The van der Waals surface area contributed by atoms with E-state index >= 15 is 0 Å². The summed E-state index contributed by atoms with van der Waals surface area (Å²) in [7, 11) is 3.16. The number of carbonyl (C=O) groups is 1. The average Bonchev–Trinajstić information content (AvgIpc) is 2.59. The summed E-state index contributed by atoms with van der Waals surface area (Å²) in [6.07, 6.45) is 0. The minimum Gasteiger partial charge on any atom is -0.545 e. The van der Waals surface area contributed by atoms with Gasteiger partial charge in [0.2, 0.25) is 0 Å². The van der Waals surface area contributed by atoms with Crippen molar-refractivity contribution in [1.29, 1.82) is 0 Å². The molecule has 1 N–H and O–H groups in total. The molecule has 0 heterocycles. The lowest BCUT2D eigenvalue weighted by Gasteiger charge is -2.11. The maximum Gasteiger partial charge on any atom is 0.131 e. The van der Waals surface area contributed by atoms with Crippen molar-refractivity contribution in [2.24, 2.45) is 5.10 Å². The molecule has 0 unspecified atom stereocenters. The van der Waals surface area contributed by atoms with E-state index in [4.69, 9.17) is 9.47 Å². The van der Waals surface area contributed by atoms with Crippen molar-refractivity contribution in [3.63, 3.8) is 0 Å². The van der Waals surface area contributed by atoms with E-state index in [1.54, 1.807) is 32.4 Å². The van der Waals surface area contributed by atoms with E-state index in [-0.39, 0.29) is 5.56 Å². The van der Waals surface area contributed by atoms with Gasteiger partial charge in [0.1, 0.15) is 11.5 Å². The highest BCUT2D eigenvalue weighted by molar-refractivity contribution is 6.01. The smallest absolute Gasteiger partial charge is 0.131 e. The van der Waals surface area contributed by atoms with Crippen LogP contribution in [0.1, 0.15) is 22.8 Å². The summed E-state index contributed by atoms with van der Waals surface area (Å²) in [4.78, 5) is 10.9. The molecule has 0 aliphatic carbocycles. The second-order valence-electron chi connectivity index (χ2n) is 4.74. The molecule has 0 amide bonds. The normalized spacial score (nSPS) is 11.0. The van der Waals surface area contributed by atoms with Crippen molar-refractivity contribution in [2.45, 2.75) is 6.92 Å². The number of carboxylic acid groups (broad SMARTS) is 1. The predicted octanol–water partition coefficient (Wildman–Crippen LogP) is 1.90. The molecular weight excluding hydrogens is 296 g/mol. The van der Waals surface area contributed by atoms with E-state index in [1.807, 2.05) is 19.1 Å². The Morgan fingerprint density at radius 3 is 2.57 bits per heavy atom. The Labute approximate surface area is 134 Å². The van der Waals surface area contributed by atoms with Gasteiger partial charge in [0.05, 0.1) is 31.6 Å².